The summed E-state index contributed by atoms with van der Waals surface area (Å²) in [5.41, 5.74) is 5.24. The highest BCUT2D eigenvalue weighted by Gasteiger charge is 2.13. The number of benzene rings is 1. The van der Waals surface area contributed by atoms with E-state index in [2.05, 4.69) is 56.1 Å². The lowest BCUT2D eigenvalue weighted by Gasteiger charge is -2.19. The molecule has 1 heterocycles. The Hall–Kier alpha value is -2.01. The Kier molecular flexibility index (Phi) is 3.00. The predicted molar refractivity (Wildman–Crippen MR) is 74.4 cm³/mol. The zero-order chi connectivity index (χ0) is 13.3. The fourth-order valence-electron chi connectivity index (χ4n) is 1.98. The zero-order valence-electron chi connectivity index (χ0n) is 11.3. The van der Waals surface area contributed by atoms with Crippen molar-refractivity contribution in [2.24, 2.45) is 0 Å². The number of hydrogen-bond donors (Lipinski definition) is 1. The molecule has 1 aromatic heterocycles. The van der Waals surface area contributed by atoms with Crippen LogP contribution in [0.5, 0.6) is 0 Å². The summed E-state index contributed by atoms with van der Waals surface area (Å²) in [4.78, 5) is 3.25. The highest BCUT2D eigenvalue weighted by molar-refractivity contribution is 5.63. The van der Waals surface area contributed by atoms with Gasteiger partial charge in [0.1, 0.15) is 6.07 Å². The molecule has 92 valence electrons. The second-order valence-corrected chi connectivity index (χ2v) is 5.66. The van der Waals surface area contributed by atoms with Crippen LogP contribution in [0.3, 0.4) is 0 Å². The Labute approximate surface area is 108 Å². The van der Waals surface area contributed by atoms with Crippen molar-refractivity contribution in [3.63, 3.8) is 0 Å². The first-order valence-corrected chi connectivity index (χ1v) is 6.12. The topological polar surface area (TPSA) is 39.6 Å². The van der Waals surface area contributed by atoms with Gasteiger partial charge in [0.05, 0.1) is 5.56 Å². The van der Waals surface area contributed by atoms with Gasteiger partial charge in [-0.15, -0.1) is 0 Å². The fourth-order valence-corrected chi connectivity index (χ4v) is 1.98. The Bertz CT molecular complexity index is 590. The second-order valence-electron chi connectivity index (χ2n) is 5.66. The Morgan fingerprint density at radius 3 is 2.17 bits per heavy atom. The summed E-state index contributed by atoms with van der Waals surface area (Å²) >= 11 is 0. The molecule has 0 atom stereocenters. The monoisotopic (exact) mass is 238 g/mol. The molecule has 0 aliphatic heterocycles. The molecule has 2 heteroatoms. The van der Waals surface area contributed by atoms with Crippen molar-refractivity contribution in [2.45, 2.75) is 33.1 Å². The first kappa shape index (κ1) is 12.4. The molecule has 2 rings (SSSR count). The smallest absolute Gasteiger partial charge is 0.101 e. The third-order valence-corrected chi connectivity index (χ3v) is 3.20. The van der Waals surface area contributed by atoms with Gasteiger partial charge in [0.15, 0.2) is 0 Å². The van der Waals surface area contributed by atoms with Crippen LogP contribution in [0.4, 0.5) is 0 Å². The van der Waals surface area contributed by atoms with Gasteiger partial charge < -0.3 is 4.98 Å². The molecule has 2 nitrogen and oxygen atoms in total. The van der Waals surface area contributed by atoms with Gasteiger partial charge in [-0.3, -0.25) is 0 Å². The first-order chi connectivity index (χ1) is 8.41. The van der Waals surface area contributed by atoms with Gasteiger partial charge in [0, 0.05) is 11.4 Å². The normalized spacial score (nSPS) is 11.3. The number of hydrogen-bond acceptors (Lipinski definition) is 1. The number of aromatic amines is 1. The van der Waals surface area contributed by atoms with Gasteiger partial charge in [-0.1, -0.05) is 45.0 Å². The number of aryl methyl sites for hydroxylation is 1. The molecule has 0 saturated heterocycles. The van der Waals surface area contributed by atoms with Gasteiger partial charge >= 0.3 is 0 Å². The van der Waals surface area contributed by atoms with Gasteiger partial charge in [-0.25, -0.2) is 0 Å². The highest BCUT2D eigenvalue weighted by Crippen LogP contribution is 2.26. The molecule has 0 radical (unpaired) electrons. The molecule has 0 saturated carbocycles. The van der Waals surface area contributed by atoms with E-state index in [1.807, 2.05) is 13.0 Å². The number of nitriles is 1. The van der Waals surface area contributed by atoms with Gasteiger partial charge in [0.25, 0.3) is 0 Å². The summed E-state index contributed by atoms with van der Waals surface area (Å²) < 4.78 is 0. The number of rotatable bonds is 1. The Balaban J connectivity index is 2.38. The largest absolute Gasteiger partial charge is 0.358 e. The summed E-state index contributed by atoms with van der Waals surface area (Å²) in [7, 11) is 0. The Morgan fingerprint density at radius 2 is 1.72 bits per heavy atom. The Morgan fingerprint density at radius 1 is 1.11 bits per heavy atom. The second kappa shape index (κ2) is 4.34. The molecule has 1 N–H and O–H groups in total. The molecule has 0 bridgehead atoms. The van der Waals surface area contributed by atoms with Crippen LogP contribution in [0.25, 0.3) is 11.3 Å². The van der Waals surface area contributed by atoms with Crippen LogP contribution in [0.15, 0.2) is 30.3 Å². The number of nitrogens with one attached hydrogen (secondary N) is 1. The summed E-state index contributed by atoms with van der Waals surface area (Å²) in [6.45, 7) is 8.53. The van der Waals surface area contributed by atoms with E-state index in [9.17, 15) is 0 Å². The third kappa shape index (κ3) is 2.31. The highest BCUT2D eigenvalue weighted by atomic mass is 14.7. The third-order valence-electron chi connectivity index (χ3n) is 3.20. The maximum atomic E-state index is 8.96. The molecule has 18 heavy (non-hydrogen) atoms. The first-order valence-electron chi connectivity index (χ1n) is 6.12. The van der Waals surface area contributed by atoms with Crippen LogP contribution in [-0.4, -0.2) is 4.98 Å². The van der Waals surface area contributed by atoms with Crippen molar-refractivity contribution in [3.05, 3.63) is 47.2 Å². The minimum atomic E-state index is 0.169. The maximum Gasteiger partial charge on any atom is 0.101 e. The van der Waals surface area contributed by atoms with E-state index in [1.54, 1.807) is 0 Å². The van der Waals surface area contributed by atoms with E-state index in [4.69, 9.17) is 5.26 Å². The number of nitrogens with zero attached hydrogens (tertiary/aromatic N) is 1. The molecular formula is C16H18N2. The summed E-state index contributed by atoms with van der Waals surface area (Å²) in [6.07, 6.45) is 0. The van der Waals surface area contributed by atoms with Crippen LogP contribution < -0.4 is 0 Å². The summed E-state index contributed by atoms with van der Waals surface area (Å²) in [5, 5.41) is 8.96. The lowest BCUT2D eigenvalue weighted by molar-refractivity contribution is 0.590. The van der Waals surface area contributed by atoms with Crippen LogP contribution in [0.2, 0.25) is 0 Å². The quantitative estimate of drug-likeness (QED) is 0.796. The van der Waals surface area contributed by atoms with Crippen LogP contribution in [-0.2, 0) is 5.41 Å². The van der Waals surface area contributed by atoms with Crippen molar-refractivity contribution in [2.75, 3.05) is 0 Å². The van der Waals surface area contributed by atoms with E-state index in [0.717, 1.165) is 17.0 Å². The lowest BCUT2D eigenvalue weighted by atomic mass is 9.86. The van der Waals surface area contributed by atoms with E-state index >= 15 is 0 Å². The fraction of sp³-hybridized carbons (Fsp3) is 0.312. The summed E-state index contributed by atoms with van der Waals surface area (Å²) in [5.74, 6) is 0. The van der Waals surface area contributed by atoms with Gasteiger partial charge in [0.2, 0.25) is 0 Å². The molecule has 0 aliphatic carbocycles. The van der Waals surface area contributed by atoms with Gasteiger partial charge in [-0.05, 0) is 29.5 Å². The van der Waals surface area contributed by atoms with Crippen LogP contribution in [0.1, 0.15) is 37.6 Å². The summed E-state index contributed by atoms with van der Waals surface area (Å²) in [6, 6.07) is 12.6. The average molecular weight is 238 g/mol. The van der Waals surface area contributed by atoms with E-state index in [1.165, 1.54) is 5.56 Å². The molecule has 0 aliphatic rings. The SMILES string of the molecule is Cc1[nH]c(-c2ccc(C(C)(C)C)cc2)cc1C#N. The van der Waals surface area contributed by atoms with Crippen molar-refractivity contribution in [1.29, 1.82) is 5.26 Å². The molecular weight excluding hydrogens is 220 g/mol. The standard InChI is InChI=1S/C16H18N2/c1-11-13(10-17)9-15(18-11)12-5-7-14(8-6-12)16(2,3)4/h5-9,18H,1-4H3. The van der Waals surface area contributed by atoms with Crippen molar-refractivity contribution >= 4 is 0 Å². The van der Waals surface area contributed by atoms with E-state index in [0.29, 0.717) is 5.56 Å². The van der Waals surface area contributed by atoms with Crippen LogP contribution >= 0.6 is 0 Å². The maximum absolute atomic E-state index is 8.96. The zero-order valence-corrected chi connectivity index (χ0v) is 11.3. The number of H-pyrrole nitrogens is 1. The minimum absolute atomic E-state index is 0.169. The average Bonchev–Trinajstić information content (AvgIpc) is 2.69. The molecule has 2 aromatic rings. The van der Waals surface area contributed by atoms with Crippen LogP contribution in [0, 0.1) is 18.3 Å². The molecule has 0 fully saturated rings. The van der Waals surface area contributed by atoms with Crippen molar-refractivity contribution in [1.82, 2.24) is 4.98 Å². The molecule has 0 amide bonds. The minimum Gasteiger partial charge on any atom is -0.358 e. The van der Waals surface area contributed by atoms with E-state index < -0.39 is 0 Å². The molecule has 0 unspecified atom stereocenters. The number of aromatic nitrogens is 1. The van der Waals surface area contributed by atoms with Gasteiger partial charge in [-0.2, -0.15) is 5.26 Å². The lowest BCUT2D eigenvalue weighted by Crippen LogP contribution is -2.10. The van der Waals surface area contributed by atoms with Crippen molar-refractivity contribution in [3.8, 4) is 17.3 Å². The van der Waals surface area contributed by atoms with Crippen molar-refractivity contribution < 1.29 is 0 Å². The predicted octanol–water partition coefficient (Wildman–Crippen LogP) is 4.16. The molecule has 0 spiro atoms. The van der Waals surface area contributed by atoms with E-state index in [-0.39, 0.29) is 5.41 Å². The molecule has 1 aromatic carbocycles.